The van der Waals surface area contributed by atoms with Crippen molar-refractivity contribution >= 4 is 10.4 Å². The molecule has 5 nitrogen and oxygen atoms in total. The van der Waals surface area contributed by atoms with Crippen molar-refractivity contribution in [2.24, 2.45) is 0 Å². The number of hydrogen-bond acceptors (Lipinski definition) is 4. The number of hydrogen-bond donors (Lipinski definition) is 0. The van der Waals surface area contributed by atoms with Crippen molar-refractivity contribution in [1.82, 2.24) is 0 Å². The van der Waals surface area contributed by atoms with Gasteiger partial charge in [-0.1, -0.05) is 89.0 Å². The highest BCUT2D eigenvalue weighted by atomic mass is 32.3. The molecule has 1 aromatic rings. The summed E-state index contributed by atoms with van der Waals surface area (Å²) in [5, 5.41) is 0. The number of benzene rings is 1. The maximum absolute atomic E-state index is 10.6. The van der Waals surface area contributed by atoms with Gasteiger partial charge in [0, 0.05) is 0 Å². The van der Waals surface area contributed by atoms with Crippen LogP contribution in [0.3, 0.4) is 0 Å². The lowest BCUT2D eigenvalue weighted by molar-refractivity contribution is -0.849. The molecule has 0 spiro atoms. The van der Waals surface area contributed by atoms with Crippen molar-refractivity contribution in [3.63, 3.8) is 0 Å². The summed E-state index contributed by atoms with van der Waals surface area (Å²) >= 11 is 0. The molecule has 0 bridgehead atoms. The van der Waals surface area contributed by atoms with E-state index in [1.54, 1.807) is 0 Å². The van der Waals surface area contributed by atoms with E-state index in [2.05, 4.69) is 39.3 Å². The number of aryl methyl sites for hydroxylation is 1. The first kappa shape index (κ1) is 28.1. The average Bonchev–Trinajstić information content (AvgIpc) is 2.60. The Kier molecular flexibility index (Phi) is 15.3. The van der Waals surface area contributed by atoms with Crippen molar-refractivity contribution in [3.05, 3.63) is 35.4 Å². The van der Waals surface area contributed by atoms with Crippen molar-refractivity contribution in [1.29, 1.82) is 0 Å². The Bertz CT molecular complexity index is 618. The van der Waals surface area contributed by atoms with Crippen molar-refractivity contribution in [2.75, 3.05) is 28.2 Å². The lowest BCUT2D eigenvalue weighted by Gasteiger charge is -2.14. The Morgan fingerprint density at radius 3 is 1.66 bits per heavy atom. The van der Waals surface area contributed by atoms with Crippen LogP contribution in [0, 0.1) is 0 Å². The average molecular weight is 430 g/mol. The van der Waals surface area contributed by atoms with Gasteiger partial charge in [-0.3, -0.25) is 4.18 Å². The van der Waals surface area contributed by atoms with E-state index < -0.39 is 10.4 Å². The molecule has 6 heteroatoms. The van der Waals surface area contributed by atoms with Crippen LogP contribution in [0.1, 0.15) is 82.3 Å². The number of rotatable bonds is 14. The summed E-state index contributed by atoms with van der Waals surface area (Å²) in [7, 11) is 3.87. The summed E-state index contributed by atoms with van der Waals surface area (Å²) < 4.78 is 37.1. The minimum Gasteiger partial charge on any atom is -0.726 e. The van der Waals surface area contributed by atoms with Crippen LogP contribution in [0.25, 0.3) is 0 Å². The maximum Gasteiger partial charge on any atom is 0.217 e. The summed E-state index contributed by atoms with van der Waals surface area (Å²) in [4.78, 5) is 0. The topological polar surface area (TPSA) is 66.4 Å². The lowest BCUT2D eigenvalue weighted by Crippen LogP contribution is -2.27. The first-order valence-corrected chi connectivity index (χ1v) is 12.3. The summed E-state index contributed by atoms with van der Waals surface area (Å²) in [5.74, 6) is 0. The molecule has 0 saturated heterocycles. The van der Waals surface area contributed by atoms with Gasteiger partial charge in [0.15, 0.2) is 0 Å². The third kappa shape index (κ3) is 21.6. The van der Waals surface area contributed by atoms with Gasteiger partial charge in [0.25, 0.3) is 0 Å². The maximum atomic E-state index is 10.6. The monoisotopic (exact) mass is 429 g/mol. The molecule has 0 aliphatic heterocycles. The quantitative estimate of drug-likeness (QED) is 0.171. The lowest BCUT2D eigenvalue weighted by atomic mass is 10.0. The van der Waals surface area contributed by atoms with Gasteiger partial charge in [-0.2, -0.15) is 0 Å². The molecule has 0 aliphatic carbocycles. The Labute approximate surface area is 180 Å². The van der Waals surface area contributed by atoms with E-state index in [4.69, 9.17) is 0 Å². The van der Waals surface area contributed by atoms with Gasteiger partial charge in [-0.15, -0.1) is 0 Å². The molecule has 170 valence electrons. The minimum atomic E-state index is -4.63. The molecule has 1 rings (SSSR count). The normalized spacial score (nSPS) is 11.8. The SMILES string of the molecule is CCCCCCCCCCCCc1ccccc1COS(=O)(=O)[O-].C[N+](C)(C)C. The highest BCUT2D eigenvalue weighted by Crippen LogP contribution is 2.16. The first-order valence-electron chi connectivity index (χ1n) is 11.0. The fourth-order valence-corrected chi connectivity index (χ4v) is 3.15. The molecular formula is C23H43NO4S. The van der Waals surface area contributed by atoms with Gasteiger partial charge >= 0.3 is 0 Å². The molecule has 0 heterocycles. The Morgan fingerprint density at radius 2 is 1.21 bits per heavy atom. The number of unbranched alkanes of at least 4 members (excludes halogenated alkanes) is 9. The molecule has 0 amide bonds. The predicted octanol–water partition coefficient (Wildman–Crippen LogP) is 5.45. The molecule has 0 fully saturated rings. The molecular weight excluding hydrogens is 386 g/mol. The van der Waals surface area contributed by atoms with E-state index in [9.17, 15) is 13.0 Å². The highest BCUT2D eigenvalue weighted by Gasteiger charge is 2.04. The van der Waals surface area contributed by atoms with Gasteiger partial charge in [0.2, 0.25) is 10.4 Å². The smallest absolute Gasteiger partial charge is 0.217 e. The Morgan fingerprint density at radius 1 is 0.793 bits per heavy atom. The van der Waals surface area contributed by atoms with Crippen molar-refractivity contribution in [2.45, 2.75) is 84.2 Å². The molecule has 0 N–H and O–H groups in total. The van der Waals surface area contributed by atoms with Gasteiger partial charge in [0.05, 0.1) is 34.8 Å². The van der Waals surface area contributed by atoms with Crippen LogP contribution in [0.15, 0.2) is 24.3 Å². The fourth-order valence-electron chi connectivity index (χ4n) is 2.88. The molecule has 0 saturated carbocycles. The fraction of sp³-hybridized carbons (Fsp3) is 0.739. The van der Waals surface area contributed by atoms with E-state index >= 15 is 0 Å². The van der Waals surface area contributed by atoms with Gasteiger partial charge in [-0.05, 0) is 24.0 Å². The van der Waals surface area contributed by atoms with Crippen LogP contribution in [0.5, 0.6) is 0 Å². The van der Waals surface area contributed by atoms with Crippen LogP contribution in [0.2, 0.25) is 0 Å². The third-order valence-electron chi connectivity index (χ3n) is 4.28. The van der Waals surface area contributed by atoms with Gasteiger partial charge in [-0.25, -0.2) is 8.42 Å². The third-order valence-corrected chi connectivity index (χ3v) is 4.68. The van der Waals surface area contributed by atoms with E-state index in [0.29, 0.717) is 0 Å². The van der Waals surface area contributed by atoms with Gasteiger partial charge < -0.3 is 9.04 Å². The van der Waals surface area contributed by atoms with Crippen LogP contribution >= 0.6 is 0 Å². The van der Waals surface area contributed by atoms with E-state index in [0.717, 1.165) is 28.5 Å². The summed E-state index contributed by atoms with van der Waals surface area (Å²) in [6.07, 6.45) is 13.8. The molecule has 29 heavy (non-hydrogen) atoms. The zero-order valence-corrected chi connectivity index (χ0v) is 20.1. The van der Waals surface area contributed by atoms with E-state index in [-0.39, 0.29) is 6.61 Å². The Balaban J connectivity index is 0.00000139. The van der Waals surface area contributed by atoms with E-state index in [1.165, 1.54) is 57.8 Å². The zero-order valence-electron chi connectivity index (χ0n) is 19.3. The van der Waals surface area contributed by atoms with Crippen LogP contribution in [0.4, 0.5) is 0 Å². The second-order valence-electron chi connectivity index (χ2n) is 9.05. The summed E-state index contributed by atoms with van der Waals surface area (Å²) in [5.41, 5.74) is 1.86. The molecule has 1 aromatic carbocycles. The molecule has 0 aromatic heterocycles. The minimum absolute atomic E-state index is 0.167. The number of nitrogens with zero attached hydrogens (tertiary/aromatic N) is 1. The second-order valence-corrected chi connectivity index (χ2v) is 10.1. The predicted molar refractivity (Wildman–Crippen MR) is 120 cm³/mol. The molecule has 0 unspecified atom stereocenters. The van der Waals surface area contributed by atoms with Crippen LogP contribution in [-0.4, -0.2) is 45.6 Å². The van der Waals surface area contributed by atoms with Crippen LogP contribution < -0.4 is 0 Å². The zero-order chi connectivity index (χ0) is 22.2. The van der Waals surface area contributed by atoms with Gasteiger partial charge in [0.1, 0.15) is 0 Å². The molecule has 0 atom stereocenters. The largest absolute Gasteiger partial charge is 0.726 e. The molecule has 0 aliphatic rings. The Hall–Kier alpha value is -0.950. The summed E-state index contributed by atoms with van der Waals surface area (Å²) in [6.45, 7) is 2.07. The van der Waals surface area contributed by atoms with Crippen LogP contribution in [-0.2, 0) is 27.6 Å². The van der Waals surface area contributed by atoms with Crippen molar-refractivity contribution < 1.29 is 21.6 Å². The molecule has 0 radical (unpaired) electrons. The van der Waals surface area contributed by atoms with E-state index in [1.807, 2.05) is 24.3 Å². The second kappa shape index (κ2) is 15.8. The number of quaternary nitrogens is 1. The summed E-state index contributed by atoms with van der Waals surface area (Å²) in [6, 6.07) is 7.56. The first-order chi connectivity index (χ1) is 13.5. The standard InChI is InChI=1S/C19H32O4S.C4H12N/c1-2-3-4-5-6-7-8-9-10-11-14-18-15-12-13-16-19(18)17-23-24(20,21)22;1-5(2,3)4/h12-13,15-16H,2-11,14,17H2,1H3,(H,20,21,22);1-4H3/q;+1/p-1. The highest BCUT2D eigenvalue weighted by molar-refractivity contribution is 7.80. The van der Waals surface area contributed by atoms with Crippen molar-refractivity contribution in [3.8, 4) is 0 Å².